The Morgan fingerprint density at radius 3 is 2.79 bits per heavy atom. The van der Waals surface area contributed by atoms with Crippen LogP contribution in [0.25, 0.3) is 10.6 Å². The number of carbonyl (C=O) groups excluding carboxylic acids is 1. The maximum Gasteiger partial charge on any atom is 0.270 e. The molecule has 0 aliphatic rings. The molecule has 8 heteroatoms. The number of carbonyl (C=O) groups is 1. The maximum atomic E-state index is 12.4. The molecule has 3 rings (SSSR count). The molecule has 3 aromatic rings. The van der Waals surface area contributed by atoms with Gasteiger partial charge in [0.25, 0.3) is 11.6 Å². The van der Waals surface area contributed by atoms with E-state index >= 15 is 0 Å². The van der Waals surface area contributed by atoms with Crippen molar-refractivity contribution in [3.05, 3.63) is 74.7 Å². The van der Waals surface area contributed by atoms with Crippen molar-refractivity contribution in [2.45, 2.75) is 0 Å². The van der Waals surface area contributed by atoms with E-state index < -0.39 is 10.8 Å². The Hall–Kier alpha value is -2.77. The summed E-state index contributed by atoms with van der Waals surface area (Å²) in [6.45, 7) is 0. The topological polar surface area (TPSA) is 85.1 Å². The average molecular weight is 360 g/mol. The van der Waals surface area contributed by atoms with E-state index in [0.29, 0.717) is 5.69 Å². The summed E-state index contributed by atoms with van der Waals surface area (Å²) in [5.41, 5.74) is 1.27. The molecule has 0 saturated heterocycles. The molecule has 0 spiro atoms. The van der Waals surface area contributed by atoms with Crippen LogP contribution in [0.15, 0.2) is 54.0 Å². The summed E-state index contributed by atoms with van der Waals surface area (Å²) in [6.07, 6.45) is 1.70. The number of non-ortho nitro benzene ring substituents is 1. The van der Waals surface area contributed by atoms with Crippen LogP contribution < -0.4 is 5.32 Å². The number of nitrogens with zero attached hydrogens (tertiary/aromatic N) is 2. The Labute approximate surface area is 145 Å². The Morgan fingerprint density at radius 2 is 2.08 bits per heavy atom. The van der Waals surface area contributed by atoms with Crippen molar-refractivity contribution in [1.29, 1.82) is 0 Å². The smallest absolute Gasteiger partial charge is 0.270 e. The van der Waals surface area contributed by atoms with Gasteiger partial charge in [-0.05, 0) is 18.2 Å². The van der Waals surface area contributed by atoms with Crippen molar-refractivity contribution in [3.8, 4) is 10.6 Å². The maximum absolute atomic E-state index is 12.4. The van der Waals surface area contributed by atoms with Crippen LogP contribution in [0.3, 0.4) is 0 Å². The summed E-state index contributed by atoms with van der Waals surface area (Å²) in [6, 6.07) is 10.9. The zero-order chi connectivity index (χ0) is 17.1. The minimum Gasteiger partial charge on any atom is -0.322 e. The predicted molar refractivity (Wildman–Crippen MR) is 93.6 cm³/mol. The Bertz CT molecular complexity index is 913. The summed E-state index contributed by atoms with van der Waals surface area (Å²) in [5.74, 6) is -0.514. The molecule has 0 atom stereocenters. The first kappa shape index (κ1) is 16.1. The van der Waals surface area contributed by atoms with Gasteiger partial charge in [0, 0.05) is 35.0 Å². The molecule has 0 bridgehead atoms. The normalized spacial score (nSPS) is 10.4. The number of nitro benzene ring substituents is 1. The van der Waals surface area contributed by atoms with E-state index in [1.165, 1.54) is 23.5 Å². The van der Waals surface area contributed by atoms with Crippen LogP contribution in [-0.2, 0) is 0 Å². The zero-order valence-electron chi connectivity index (χ0n) is 12.1. The van der Waals surface area contributed by atoms with Crippen molar-refractivity contribution in [1.82, 2.24) is 4.98 Å². The zero-order valence-corrected chi connectivity index (χ0v) is 13.7. The summed E-state index contributed by atoms with van der Waals surface area (Å²) < 4.78 is 0. The van der Waals surface area contributed by atoms with E-state index in [1.807, 2.05) is 11.4 Å². The van der Waals surface area contributed by atoms with E-state index in [2.05, 4.69) is 10.3 Å². The van der Waals surface area contributed by atoms with Gasteiger partial charge in [-0.3, -0.25) is 14.9 Å². The molecule has 24 heavy (non-hydrogen) atoms. The number of halogens is 1. The van der Waals surface area contributed by atoms with Crippen LogP contribution in [0.2, 0.25) is 5.02 Å². The number of nitro groups is 1. The van der Waals surface area contributed by atoms with Gasteiger partial charge in [0.05, 0.1) is 15.5 Å². The van der Waals surface area contributed by atoms with Gasteiger partial charge < -0.3 is 5.32 Å². The Kier molecular flexibility index (Phi) is 4.54. The molecule has 1 amide bonds. The number of amides is 1. The highest BCUT2D eigenvalue weighted by atomic mass is 35.5. The third kappa shape index (κ3) is 3.42. The Balaban J connectivity index is 1.87. The van der Waals surface area contributed by atoms with Gasteiger partial charge in [-0.1, -0.05) is 23.7 Å². The van der Waals surface area contributed by atoms with E-state index in [0.717, 1.165) is 16.6 Å². The minimum atomic E-state index is -0.573. The fourth-order valence-electron chi connectivity index (χ4n) is 2.10. The highest BCUT2D eigenvalue weighted by Gasteiger charge is 2.16. The van der Waals surface area contributed by atoms with Gasteiger partial charge in [-0.2, -0.15) is 0 Å². The van der Waals surface area contributed by atoms with E-state index in [4.69, 9.17) is 11.6 Å². The lowest BCUT2D eigenvalue weighted by Crippen LogP contribution is -2.12. The fourth-order valence-corrected chi connectivity index (χ4v) is 2.93. The van der Waals surface area contributed by atoms with Gasteiger partial charge >= 0.3 is 0 Å². The lowest BCUT2D eigenvalue weighted by atomic mass is 10.1. The number of aromatic nitrogens is 1. The number of benzene rings is 2. The van der Waals surface area contributed by atoms with Gasteiger partial charge in [-0.15, -0.1) is 11.3 Å². The first-order valence-electron chi connectivity index (χ1n) is 6.80. The molecular formula is C16H10ClN3O3S. The third-order valence-corrected chi connectivity index (χ3v) is 4.36. The molecule has 120 valence electrons. The van der Waals surface area contributed by atoms with Crippen LogP contribution in [-0.4, -0.2) is 15.8 Å². The first-order valence-corrected chi connectivity index (χ1v) is 8.05. The Morgan fingerprint density at radius 1 is 1.25 bits per heavy atom. The number of hydrogen-bond acceptors (Lipinski definition) is 5. The van der Waals surface area contributed by atoms with Gasteiger partial charge in [0.2, 0.25) is 0 Å². The van der Waals surface area contributed by atoms with Crippen LogP contribution in [0.4, 0.5) is 11.4 Å². The quantitative estimate of drug-likeness (QED) is 0.543. The second-order valence-electron chi connectivity index (χ2n) is 4.79. The summed E-state index contributed by atoms with van der Waals surface area (Å²) in [4.78, 5) is 26.9. The second-order valence-corrected chi connectivity index (χ2v) is 6.10. The van der Waals surface area contributed by atoms with E-state index in [-0.39, 0.29) is 16.3 Å². The number of thiazole rings is 1. The van der Waals surface area contributed by atoms with Crippen LogP contribution in [0, 0.1) is 10.1 Å². The molecule has 1 aromatic heterocycles. The highest BCUT2D eigenvalue weighted by Crippen LogP contribution is 2.26. The van der Waals surface area contributed by atoms with Gasteiger partial charge in [0.15, 0.2) is 0 Å². The fraction of sp³-hybridized carbons (Fsp3) is 0. The van der Waals surface area contributed by atoms with Crippen molar-refractivity contribution < 1.29 is 9.72 Å². The summed E-state index contributed by atoms with van der Waals surface area (Å²) >= 11 is 7.47. The third-order valence-electron chi connectivity index (χ3n) is 3.21. The SMILES string of the molecule is O=C(Nc1cccc(-c2nccs2)c1)c1cc([N+](=O)[O-])ccc1Cl. The lowest BCUT2D eigenvalue weighted by Gasteiger charge is -2.08. The standard InChI is InChI=1S/C16H10ClN3O3S/c17-14-5-4-12(20(22)23)9-13(14)15(21)19-11-3-1-2-10(8-11)16-18-6-7-24-16/h1-9H,(H,19,21). The minimum absolute atomic E-state index is 0.0468. The first-order chi connectivity index (χ1) is 11.5. The number of anilines is 1. The van der Waals surface area contributed by atoms with Crippen LogP contribution >= 0.6 is 22.9 Å². The molecular weight excluding hydrogens is 350 g/mol. The van der Waals surface area contributed by atoms with Crippen LogP contribution in [0.1, 0.15) is 10.4 Å². The highest BCUT2D eigenvalue weighted by molar-refractivity contribution is 7.13. The number of hydrogen-bond donors (Lipinski definition) is 1. The number of nitrogens with one attached hydrogen (secondary N) is 1. The summed E-state index contributed by atoms with van der Waals surface area (Å²) in [5, 5.41) is 16.4. The molecule has 1 N–H and O–H groups in total. The number of rotatable bonds is 4. The van der Waals surface area contributed by atoms with E-state index in [1.54, 1.807) is 24.4 Å². The molecule has 0 aliphatic heterocycles. The lowest BCUT2D eigenvalue weighted by molar-refractivity contribution is -0.384. The molecule has 2 aromatic carbocycles. The average Bonchev–Trinajstić information content (AvgIpc) is 3.09. The van der Waals surface area contributed by atoms with Gasteiger partial charge in [-0.25, -0.2) is 4.98 Å². The van der Waals surface area contributed by atoms with Crippen LogP contribution in [0.5, 0.6) is 0 Å². The predicted octanol–water partition coefficient (Wildman–Crippen LogP) is 4.62. The van der Waals surface area contributed by atoms with Crippen molar-refractivity contribution >= 4 is 40.2 Å². The van der Waals surface area contributed by atoms with Gasteiger partial charge in [0.1, 0.15) is 5.01 Å². The molecule has 1 heterocycles. The molecule has 0 radical (unpaired) electrons. The van der Waals surface area contributed by atoms with Crippen molar-refractivity contribution in [2.24, 2.45) is 0 Å². The molecule has 0 unspecified atom stereocenters. The van der Waals surface area contributed by atoms with E-state index in [9.17, 15) is 14.9 Å². The molecule has 6 nitrogen and oxygen atoms in total. The van der Waals surface area contributed by atoms with Crippen molar-refractivity contribution in [2.75, 3.05) is 5.32 Å². The monoisotopic (exact) mass is 359 g/mol. The second kappa shape index (κ2) is 6.77. The van der Waals surface area contributed by atoms with Crippen molar-refractivity contribution in [3.63, 3.8) is 0 Å². The largest absolute Gasteiger partial charge is 0.322 e. The summed E-state index contributed by atoms with van der Waals surface area (Å²) in [7, 11) is 0. The molecule has 0 fully saturated rings. The molecule has 0 saturated carbocycles. The molecule has 0 aliphatic carbocycles.